The van der Waals surface area contributed by atoms with Crippen LogP contribution in [0.4, 0.5) is 0 Å². The molecule has 1 saturated heterocycles. The average molecular weight is 383 g/mol. The van der Waals surface area contributed by atoms with Gasteiger partial charge >= 0.3 is 0 Å². The van der Waals surface area contributed by atoms with Crippen molar-refractivity contribution in [3.05, 3.63) is 83.4 Å². The summed E-state index contributed by atoms with van der Waals surface area (Å²) in [5.74, 6) is 6.13. The van der Waals surface area contributed by atoms with Gasteiger partial charge in [-0.05, 0) is 49.4 Å². The highest BCUT2D eigenvalue weighted by molar-refractivity contribution is 6.06. The highest BCUT2D eigenvalue weighted by Crippen LogP contribution is 2.33. The lowest BCUT2D eigenvalue weighted by Crippen LogP contribution is -2.21. The van der Waals surface area contributed by atoms with Crippen molar-refractivity contribution < 1.29 is 14.3 Å². The zero-order chi connectivity index (χ0) is 20.2. The first-order valence-electron chi connectivity index (χ1n) is 9.09. The quantitative estimate of drug-likeness (QED) is 0.555. The largest absolute Gasteiger partial charge is 0.457 e. The van der Waals surface area contributed by atoms with E-state index in [4.69, 9.17) is 4.74 Å². The zero-order valence-electron chi connectivity index (χ0n) is 15.7. The van der Waals surface area contributed by atoms with Crippen LogP contribution in [0.15, 0.2) is 61.1 Å². The van der Waals surface area contributed by atoms with Gasteiger partial charge in [-0.25, -0.2) is 0 Å². The summed E-state index contributed by atoms with van der Waals surface area (Å²) < 4.78 is 5.95. The van der Waals surface area contributed by atoms with Crippen LogP contribution in [-0.2, 0) is 9.59 Å². The Morgan fingerprint density at radius 2 is 1.83 bits per heavy atom. The highest BCUT2D eigenvalue weighted by Gasteiger charge is 2.34. The van der Waals surface area contributed by atoms with Crippen LogP contribution in [0.2, 0.25) is 0 Å². The van der Waals surface area contributed by atoms with E-state index < -0.39 is 5.92 Å². The number of amides is 2. The average Bonchev–Trinajstić information content (AvgIpc) is 3.06. The summed E-state index contributed by atoms with van der Waals surface area (Å²) in [5, 5.41) is 2.31. The first kappa shape index (κ1) is 18.4. The maximum atomic E-state index is 12.0. The predicted molar refractivity (Wildman–Crippen MR) is 106 cm³/mol. The van der Waals surface area contributed by atoms with Crippen LogP contribution in [0.25, 0.3) is 0 Å². The van der Waals surface area contributed by atoms with Crippen LogP contribution in [0.5, 0.6) is 11.5 Å². The molecule has 4 rings (SSSR count). The minimum Gasteiger partial charge on any atom is -0.457 e. The van der Waals surface area contributed by atoms with E-state index in [-0.39, 0.29) is 18.2 Å². The Morgan fingerprint density at radius 3 is 2.55 bits per heavy atom. The number of hydrogen-bond donors (Lipinski definition) is 1. The molecule has 1 aromatic carbocycles. The third kappa shape index (κ3) is 4.30. The summed E-state index contributed by atoms with van der Waals surface area (Å²) in [4.78, 5) is 31.8. The first-order chi connectivity index (χ1) is 14.1. The van der Waals surface area contributed by atoms with Crippen molar-refractivity contribution in [3.8, 4) is 23.3 Å². The van der Waals surface area contributed by atoms with Crippen molar-refractivity contribution in [1.82, 2.24) is 15.3 Å². The van der Waals surface area contributed by atoms with Gasteiger partial charge in [0.15, 0.2) is 0 Å². The Labute approximate surface area is 168 Å². The molecule has 1 unspecified atom stereocenters. The molecule has 2 amide bonds. The van der Waals surface area contributed by atoms with E-state index in [0.29, 0.717) is 17.1 Å². The molecule has 0 saturated carbocycles. The van der Waals surface area contributed by atoms with Crippen molar-refractivity contribution in [1.29, 1.82) is 0 Å². The summed E-state index contributed by atoms with van der Waals surface area (Å²) in [6, 6.07) is 12.8. The lowest BCUT2D eigenvalue weighted by molar-refractivity contribution is -0.125. The van der Waals surface area contributed by atoms with Crippen LogP contribution in [0, 0.1) is 18.8 Å². The number of benzene rings is 1. The summed E-state index contributed by atoms with van der Waals surface area (Å²) in [6.45, 7) is 1.93. The van der Waals surface area contributed by atoms with E-state index in [1.807, 2.05) is 43.3 Å². The fourth-order valence-corrected chi connectivity index (χ4v) is 3.05. The molecule has 1 N–H and O–H groups in total. The van der Waals surface area contributed by atoms with Gasteiger partial charge in [0.05, 0.1) is 5.92 Å². The molecule has 0 radical (unpaired) electrons. The number of carbonyl (C=O) groups excluding carboxylic acids is 2. The van der Waals surface area contributed by atoms with Gasteiger partial charge in [-0.1, -0.05) is 11.8 Å². The standard InChI is InChI=1S/C23H17N3O3/c1-15-12-17(8-11-25-15)3-2-16-4-6-18(7-5-16)29-21-9-10-24-14-20(21)19-13-22(27)26-23(19)28/h4-12,14,19H,13H2,1H3,(H,26,27,28). The Morgan fingerprint density at radius 1 is 1.03 bits per heavy atom. The molecule has 0 spiro atoms. The Balaban J connectivity index is 1.52. The minimum atomic E-state index is -0.583. The van der Waals surface area contributed by atoms with Gasteiger partial charge in [0, 0.05) is 47.4 Å². The minimum absolute atomic E-state index is 0.101. The SMILES string of the molecule is Cc1cc(C#Cc2ccc(Oc3ccncc3C3CC(=O)NC3=O)cc2)ccn1. The number of ether oxygens (including phenoxy) is 1. The van der Waals surface area contributed by atoms with E-state index >= 15 is 0 Å². The van der Waals surface area contributed by atoms with Gasteiger partial charge in [0.2, 0.25) is 11.8 Å². The molecule has 142 valence electrons. The molecule has 6 heteroatoms. The Kier molecular flexibility index (Phi) is 5.04. The number of pyridine rings is 2. The third-order valence-corrected chi connectivity index (χ3v) is 4.48. The number of nitrogens with zero attached hydrogens (tertiary/aromatic N) is 2. The van der Waals surface area contributed by atoms with Gasteiger partial charge in [-0.15, -0.1) is 0 Å². The smallest absolute Gasteiger partial charge is 0.234 e. The molecule has 29 heavy (non-hydrogen) atoms. The van der Waals surface area contributed by atoms with E-state index in [1.165, 1.54) is 0 Å². The second kappa shape index (κ2) is 7.95. The maximum absolute atomic E-state index is 12.0. The van der Waals surface area contributed by atoms with Gasteiger partial charge in [0.1, 0.15) is 11.5 Å². The number of aryl methyl sites for hydroxylation is 1. The van der Waals surface area contributed by atoms with Crippen LogP contribution in [0.3, 0.4) is 0 Å². The van der Waals surface area contributed by atoms with E-state index in [1.54, 1.807) is 24.7 Å². The number of nitrogens with one attached hydrogen (secondary N) is 1. The molecule has 2 aromatic heterocycles. The van der Waals surface area contributed by atoms with Crippen molar-refractivity contribution in [2.45, 2.75) is 19.3 Å². The highest BCUT2D eigenvalue weighted by atomic mass is 16.5. The van der Waals surface area contributed by atoms with Gasteiger partial charge in [-0.3, -0.25) is 24.9 Å². The first-order valence-corrected chi connectivity index (χ1v) is 9.09. The lowest BCUT2D eigenvalue weighted by atomic mass is 9.98. The second-order valence-corrected chi connectivity index (χ2v) is 6.64. The molecular formula is C23H17N3O3. The monoisotopic (exact) mass is 383 g/mol. The molecule has 0 bridgehead atoms. The van der Waals surface area contributed by atoms with E-state index in [0.717, 1.165) is 16.8 Å². The number of carbonyl (C=O) groups is 2. The number of hydrogen-bond acceptors (Lipinski definition) is 5. The Hall–Kier alpha value is -3.98. The van der Waals surface area contributed by atoms with Gasteiger partial charge in [0.25, 0.3) is 0 Å². The van der Waals surface area contributed by atoms with Crippen LogP contribution >= 0.6 is 0 Å². The molecule has 1 atom stereocenters. The molecule has 0 aliphatic carbocycles. The molecule has 3 aromatic rings. The van der Waals surface area contributed by atoms with E-state index in [9.17, 15) is 9.59 Å². The second-order valence-electron chi connectivity index (χ2n) is 6.64. The van der Waals surface area contributed by atoms with Gasteiger partial charge < -0.3 is 4.74 Å². The summed E-state index contributed by atoms with van der Waals surface area (Å²) in [6.07, 6.45) is 4.99. The topological polar surface area (TPSA) is 81.2 Å². The summed E-state index contributed by atoms with van der Waals surface area (Å²) in [7, 11) is 0. The summed E-state index contributed by atoms with van der Waals surface area (Å²) >= 11 is 0. The number of imide groups is 1. The molecule has 1 aliphatic rings. The normalized spacial score (nSPS) is 15.4. The zero-order valence-corrected chi connectivity index (χ0v) is 15.7. The van der Waals surface area contributed by atoms with Crippen LogP contribution in [-0.4, -0.2) is 21.8 Å². The van der Waals surface area contributed by atoms with Crippen LogP contribution in [0.1, 0.15) is 34.7 Å². The number of rotatable bonds is 3. The maximum Gasteiger partial charge on any atom is 0.234 e. The molecule has 1 aliphatic heterocycles. The van der Waals surface area contributed by atoms with Crippen molar-refractivity contribution in [2.75, 3.05) is 0 Å². The molecule has 3 heterocycles. The lowest BCUT2D eigenvalue weighted by Gasteiger charge is -2.13. The van der Waals surface area contributed by atoms with E-state index in [2.05, 4.69) is 27.1 Å². The van der Waals surface area contributed by atoms with Crippen LogP contribution < -0.4 is 10.1 Å². The summed E-state index contributed by atoms with van der Waals surface area (Å²) in [5.41, 5.74) is 3.27. The predicted octanol–water partition coefficient (Wildman–Crippen LogP) is 3.11. The van der Waals surface area contributed by atoms with Crippen molar-refractivity contribution in [2.24, 2.45) is 0 Å². The molecular weight excluding hydrogens is 366 g/mol. The fourth-order valence-electron chi connectivity index (χ4n) is 3.05. The fraction of sp³-hybridized carbons (Fsp3) is 0.130. The number of aromatic nitrogens is 2. The van der Waals surface area contributed by atoms with Crippen molar-refractivity contribution in [3.63, 3.8) is 0 Å². The molecule has 1 fully saturated rings. The van der Waals surface area contributed by atoms with Gasteiger partial charge in [-0.2, -0.15) is 0 Å². The molecule has 6 nitrogen and oxygen atoms in total. The Bertz CT molecular complexity index is 1140. The third-order valence-electron chi connectivity index (χ3n) is 4.48. The van der Waals surface area contributed by atoms with Crippen molar-refractivity contribution >= 4 is 11.8 Å².